The van der Waals surface area contributed by atoms with Crippen molar-refractivity contribution in [1.29, 1.82) is 0 Å². The summed E-state index contributed by atoms with van der Waals surface area (Å²) < 4.78 is 18.6. The van der Waals surface area contributed by atoms with Gasteiger partial charge in [-0.15, -0.1) is 0 Å². The summed E-state index contributed by atoms with van der Waals surface area (Å²) in [6.07, 6.45) is 0.800. The van der Waals surface area contributed by atoms with Crippen LogP contribution in [0.3, 0.4) is 0 Å². The van der Waals surface area contributed by atoms with Gasteiger partial charge in [0.2, 0.25) is 0 Å². The maximum absolute atomic E-state index is 13.1. The van der Waals surface area contributed by atoms with Gasteiger partial charge in [-0.25, -0.2) is 4.39 Å². The van der Waals surface area contributed by atoms with Crippen LogP contribution in [0.4, 0.5) is 10.1 Å². The molecule has 4 aromatic rings. The second kappa shape index (κ2) is 9.16. The topological polar surface area (TPSA) is 90.3 Å². The van der Waals surface area contributed by atoms with Gasteiger partial charge >= 0.3 is 0 Å². The summed E-state index contributed by atoms with van der Waals surface area (Å²) in [6, 6.07) is 14.8. The van der Waals surface area contributed by atoms with Crippen LogP contribution in [0.1, 0.15) is 33.1 Å². The molecule has 0 saturated heterocycles. The van der Waals surface area contributed by atoms with Crippen LogP contribution in [0.15, 0.2) is 59.0 Å². The number of fused-ring (bicyclic) bond motifs is 1. The zero-order valence-electron chi connectivity index (χ0n) is 17.2. The third-order valence-electron chi connectivity index (χ3n) is 5.21. The number of aromatic nitrogens is 1. The van der Waals surface area contributed by atoms with Gasteiger partial charge in [-0.05, 0) is 80.1 Å². The Morgan fingerprint density at radius 1 is 1.10 bits per heavy atom. The maximum Gasteiger partial charge on any atom is 0.255 e. The number of halogens is 1. The average Bonchev–Trinajstić information content (AvgIpc) is 3.35. The van der Waals surface area contributed by atoms with E-state index in [-0.39, 0.29) is 18.3 Å². The van der Waals surface area contributed by atoms with Gasteiger partial charge in [0.15, 0.2) is 0 Å². The van der Waals surface area contributed by atoms with Gasteiger partial charge in [-0.1, -0.05) is 0 Å². The number of rotatable bonds is 8. The zero-order chi connectivity index (χ0) is 21.8. The van der Waals surface area contributed by atoms with Crippen LogP contribution in [0.2, 0.25) is 0 Å². The van der Waals surface area contributed by atoms with E-state index >= 15 is 0 Å². The third-order valence-corrected chi connectivity index (χ3v) is 5.21. The lowest BCUT2D eigenvalue weighted by Gasteiger charge is -2.07. The van der Waals surface area contributed by atoms with Crippen molar-refractivity contribution in [2.45, 2.75) is 26.5 Å². The van der Waals surface area contributed by atoms with Crippen LogP contribution in [0.25, 0.3) is 10.9 Å². The van der Waals surface area contributed by atoms with Crippen molar-refractivity contribution in [3.05, 3.63) is 88.8 Å². The largest absolute Gasteiger partial charge is 0.462 e. The number of furan rings is 1. The normalized spacial score (nSPS) is 11.2. The Hall–Kier alpha value is -3.42. The quantitative estimate of drug-likeness (QED) is 0.320. The van der Waals surface area contributed by atoms with Gasteiger partial charge in [0.05, 0.1) is 6.54 Å². The van der Waals surface area contributed by atoms with Crippen molar-refractivity contribution in [2.75, 3.05) is 11.9 Å². The van der Waals surface area contributed by atoms with E-state index < -0.39 is 0 Å². The molecule has 0 bridgehead atoms. The first-order valence-electron chi connectivity index (χ1n) is 10.1. The summed E-state index contributed by atoms with van der Waals surface area (Å²) in [4.78, 5) is 15.8. The fourth-order valence-corrected chi connectivity index (χ4v) is 3.61. The Morgan fingerprint density at radius 3 is 2.61 bits per heavy atom. The Bertz CT molecular complexity index is 1190. The molecule has 0 saturated carbocycles. The lowest BCUT2D eigenvalue weighted by molar-refractivity contribution is 0.102. The molecule has 0 aliphatic rings. The SMILES string of the molecule is Cc1[nH]c2ccc(NC(=O)c3ccc(F)cc3)cc2c1CCNCc1ccc(CO)o1. The first-order valence-corrected chi connectivity index (χ1v) is 10.1. The van der Waals surface area contributed by atoms with Gasteiger partial charge in [-0.3, -0.25) is 4.79 Å². The lowest BCUT2D eigenvalue weighted by atomic mass is 10.1. The number of amides is 1. The van der Waals surface area contributed by atoms with E-state index in [0.717, 1.165) is 35.3 Å². The number of hydrogen-bond acceptors (Lipinski definition) is 4. The summed E-state index contributed by atoms with van der Waals surface area (Å²) in [7, 11) is 0. The first-order chi connectivity index (χ1) is 15.0. The van der Waals surface area contributed by atoms with Crippen LogP contribution >= 0.6 is 0 Å². The van der Waals surface area contributed by atoms with Gasteiger partial charge in [0, 0.05) is 27.8 Å². The highest BCUT2D eigenvalue weighted by Gasteiger charge is 2.11. The highest BCUT2D eigenvalue weighted by atomic mass is 19.1. The Balaban J connectivity index is 1.43. The maximum atomic E-state index is 13.1. The van der Waals surface area contributed by atoms with Gasteiger partial charge in [0.25, 0.3) is 5.91 Å². The van der Waals surface area contributed by atoms with E-state index in [9.17, 15) is 9.18 Å². The predicted octanol–water partition coefficient (Wildman–Crippen LogP) is 4.29. The molecule has 2 aromatic heterocycles. The number of aliphatic hydroxyl groups is 1. The molecule has 31 heavy (non-hydrogen) atoms. The Labute approximate surface area is 179 Å². The van der Waals surface area contributed by atoms with Crippen LogP contribution < -0.4 is 10.6 Å². The molecule has 0 radical (unpaired) electrons. The van der Waals surface area contributed by atoms with Gasteiger partial charge in [-0.2, -0.15) is 0 Å². The van der Waals surface area contributed by atoms with Gasteiger partial charge in [0.1, 0.15) is 23.9 Å². The second-order valence-corrected chi connectivity index (χ2v) is 7.40. The lowest BCUT2D eigenvalue weighted by Crippen LogP contribution is -2.16. The Kier molecular flexibility index (Phi) is 6.16. The fraction of sp³-hybridized carbons (Fsp3) is 0.208. The molecule has 0 aliphatic heterocycles. The summed E-state index contributed by atoms with van der Waals surface area (Å²) in [5, 5.41) is 16.4. The minimum Gasteiger partial charge on any atom is -0.462 e. The molecule has 0 fully saturated rings. The highest BCUT2D eigenvalue weighted by Crippen LogP contribution is 2.26. The van der Waals surface area contributed by atoms with Crippen molar-refractivity contribution < 1.29 is 18.7 Å². The summed E-state index contributed by atoms with van der Waals surface area (Å²) >= 11 is 0. The first kappa shape index (κ1) is 20.8. The van der Waals surface area contributed by atoms with E-state index in [0.29, 0.717) is 23.6 Å². The molecule has 0 spiro atoms. The summed E-state index contributed by atoms with van der Waals surface area (Å²) in [5.74, 6) is 0.681. The molecule has 160 valence electrons. The van der Waals surface area contributed by atoms with Crippen LogP contribution in [-0.2, 0) is 19.6 Å². The van der Waals surface area contributed by atoms with Crippen molar-refractivity contribution in [2.24, 2.45) is 0 Å². The molecule has 2 aromatic carbocycles. The number of nitrogens with one attached hydrogen (secondary N) is 3. The van der Waals surface area contributed by atoms with E-state index in [1.165, 1.54) is 29.8 Å². The fourth-order valence-electron chi connectivity index (χ4n) is 3.61. The number of hydrogen-bond donors (Lipinski definition) is 4. The van der Waals surface area contributed by atoms with Gasteiger partial charge < -0.3 is 25.1 Å². The van der Waals surface area contributed by atoms with Crippen LogP contribution in [0.5, 0.6) is 0 Å². The smallest absolute Gasteiger partial charge is 0.255 e. The summed E-state index contributed by atoms with van der Waals surface area (Å²) in [6.45, 7) is 3.26. The van der Waals surface area contributed by atoms with Crippen molar-refractivity contribution in [3.63, 3.8) is 0 Å². The van der Waals surface area contributed by atoms with Crippen LogP contribution in [0, 0.1) is 12.7 Å². The molecular formula is C24H24FN3O3. The average molecular weight is 421 g/mol. The third kappa shape index (κ3) is 4.84. The molecule has 6 nitrogen and oxygen atoms in total. The molecule has 4 N–H and O–H groups in total. The number of carbonyl (C=O) groups excluding carboxylic acids is 1. The van der Waals surface area contributed by atoms with Crippen LogP contribution in [-0.4, -0.2) is 22.5 Å². The van der Waals surface area contributed by atoms with Crippen molar-refractivity contribution in [3.8, 4) is 0 Å². The number of aromatic amines is 1. The number of aryl methyl sites for hydroxylation is 1. The molecular weight excluding hydrogens is 397 g/mol. The monoisotopic (exact) mass is 421 g/mol. The van der Waals surface area contributed by atoms with E-state index in [1.807, 2.05) is 31.2 Å². The molecule has 0 atom stereocenters. The number of benzene rings is 2. The standard InChI is InChI=1S/C24H24FN3O3/c1-15-21(10-11-26-13-19-7-8-20(14-29)31-19)22-12-18(6-9-23(22)27-15)28-24(30)16-2-4-17(25)5-3-16/h2-9,12,26-27,29H,10-11,13-14H2,1H3,(H,28,30). The molecule has 4 rings (SSSR count). The molecule has 2 heterocycles. The van der Waals surface area contributed by atoms with Crippen molar-refractivity contribution >= 4 is 22.5 Å². The van der Waals surface area contributed by atoms with E-state index in [2.05, 4.69) is 15.6 Å². The number of anilines is 1. The number of carbonyl (C=O) groups is 1. The number of H-pyrrole nitrogens is 1. The molecule has 0 unspecified atom stereocenters. The second-order valence-electron chi connectivity index (χ2n) is 7.40. The predicted molar refractivity (Wildman–Crippen MR) is 117 cm³/mol. The zero-order valence-corrected chi connectivity index (χ0v) is 17.2. The summed E-state index contributed by atoms with van der Waals surface area (Å²) in [5.41, 5.74) is 4.35. The number of aliphatic hydroxyl groups excluding tert-OH is 1. The van der Waals surface area contributed by atoms with Crippen molar-refractivity contribution in [1.82, 2.24) is 10.3 Å². The molecule has 7 heteroatoms. The minimum absolute atomic E-state index is 0.103. The Morgan fingerprint density at radius 2 is 1.87 bits per heavy atom. The van der Waals surface area contributed by atoms with E-state index in [4.69, 9.17) is 9.52 Å². The molecule has 0 aliphatic carbocycles. The highest BCUT2D eigenvalue weighted by molar-refractivity contribution is 6.05. The molecule has 1 amide bonds. The van der Waals surface area contributed by atoms with E-state index in [1.54, 1.807) is 6.07 Å². The minimum atomic E-state index is -0.375.